The van der Waals surface area contributed by atoms with E-state index in [9.17, 15) is 0 Å². The number of hydrogen-bond donors (Lipinski definition) is 1. The summed E-state index contributed by atoms with van der Waals surface area (Å²) in [5.41, 5.74) is 3.73. The third kappa shape index (κ3) is 3.06. The molecule has 1 aromatic carbocycles. The molecule has 0 spiro atoms. The average molecular weight is 373 g/mol. The highest BCUT2D eigenvalue weighted by Crippen LogP contribution is 2.38. The van der Waals surface area contributed by atoms with Crippen LogP contribution in [-0.4, -0.2) is 49.8 Å². The normalized spacial score (nSPS) is 14.7. The Morgan fingerprint density at radius 1 is 1.08 bits per heavy atom. The van der Waals surface area contributed by atoms with Crippen molar-refractivity contribution < 1.29 is 9.47 Å². The van der Waals surface area contributed by atoms with Gasteiger partial charge in [-0.1, -0.05) is 11.6 Å². The van der Waals surface area contributed by atoms with Gasteiger partial charge in [-0.2, -0.15) is 0 Å². The molecule has 1 N–H and O–H groups in total. The minimum Gasteiger partial charge on any atom is -0.496 e. The number of ether oxygens (including phenoxy) is 2. The zero-order valence-corrected chi connectivity index (χ0v) is 15.6. The van der Waals surface area contributed by atoms with Crippen LogP contribution in [0.5, 0.6) is 11.5 Å². The number of methoxy groups -OCH3 is 2. The second kappa shape index (κ2) is 7.05. The van der Waals surface area contributed by atoms with E-state index < -0.39 is 0 Å². The molecular weight excluding hydrogens is 352 g/mol. The number of piperazine rings is 1. The monoisotopic (exact) mass is 372 g/mol. The van der Waals surface area contributed by atoms with Crippen molar-refractivity contribution in [3.63, 3.8) is 0 Å². The zero-order valence-electron chi connectivity index (χ0n) is 14.8. The van der Waals surface area contributed by atoms with Crippen LogP contribution in [0.3, 0.4) is 0 Å². The standard InChI is InChI=1S/C19H21ClN4O2/c1-25-17-11-18(26-2)15(20)10-14(17)16-12-24-6-3-13(9-19(24)22-16)23-7-4-21-5-8-23/h3,6,9-12,21H,4-5,7-8H2,1-2H3. The van der Waals surface area contributed by atoms with Gasteiger partial charge in [-0.15, -0.1) is 0 Å². The number of hydrogen-bond acceptors (Lipinski definition) is 5. The van der Waals surface area contributed by atoms with Crippen LogP contribution in [0, 0.1) is 0 Å². The molecule has 0 saturated carbocycles. The summed E-state index contributed by atoms with van der Waals surface area (Å²) in [7, 11) is 3.22. The van der Waals surface area contributed by atoms with Gasteiger partial charge < -0.3 is 24.1 Å². The van der Waals surface area contributed by atoms with Gasteiger partial charge in [0.05, 0.1) is 24.9 Å². The van der Waals surface area contributed by atoms with Crippen LogP contribution in [0.4, 0.5) is 5.69 Å². The minimum atomic E-state index is 0.530. The van der Waals surface area contributed by atoms with Gasteiger partial charge in [-0.3, -0.25) is 0 Å². The fourth-order valence-electron chi connectivity index (χ4n) is 3.28. The minimum absolute atomic E-state index is 0.530. The Morgan fingerprint density at radius 2 is 1.85 bits per heavy atom. The topological polar surface area (TPSA) is 51.0 Å². The molecule has 3 aromatic rings. The highest BCUT2D eigenvalue weighted by Gasteiger charge is 2.16. The lowest BCUT2D eigenvalue weighted by atomic mass is 10.1. The Labute approximate surface area is 157 Å². The van der Waals surface area contributed by atoms with E-state index in [1.165, 1.54) is 5.69 Å². The smallest absolute Gasteiger partial charge is 0.141 e. The van der Waals surface area contributed by atoms with Crippen LogP contribution in [0.2, 0.25) is 5.02 Å². The number of nitrogens with zero attached hydrogens (tertiary/aromatic N) is 3. The molecule has 1 saturated heterocycles. The SMILES string of the molecule is COc1cc(OC)c(-c2cn3ccc(N4CCNCC4)cc3n2)cc1Cl. The van der Waals surface area contributed by atoms with Crippen LogP contribution < -0.4 is 19.7 Å². The average Bonchev–Trinajstić information content (AvgIpc) is 3.11. The van der Waals surface area contributed by atoms with E-state index >= 15 is 0 Å². The predicted octanol–water partition coefficient (Wildman–Crippen LogP) is 3.08. The number of rotatable bonds is 4. The number of benzene rings is 1. The quantitative estimate of drug-likeness (QED) is 0.762. The van der Waals surface area contributed by atoms with Crippen molar-refractivity contribution in [3.05, 3.63) is 41.7 Å². The van der Waals surface area contributed by atoms with E-state index in [1.54, 1.807) is 20.3 Å². The summed E-state index contributed by atoms with van der Waals surface area (Å²) in [6.45, 7) is 4.02. The molecule has 0 aliphatic carbocycles. The van der Waals surface area contributed by atoms with Crippen molar-refractivity contribution in [2.24, 2.45) is 0 Å². The van der Waals surface area contributed by atoms with Crippen molar-refractivity contribution in [1.29, 1.82) is 0 Å². The van der Waals surface area contributed by atoms with Gasteiger partial charge in [-0.25, -0.2) is 4.98 Å². The molecule has 0 unspecified atom stereocenters. The molecule has 3 heterocycles. The van der Waals surface area contributed by atoms with E-state index in [-0.39, 0.29) is 0 Å². The fourth-order valence-corrected chi connectivity index (χ4v) is 3.52. The molecule has 0 bridgehead atoms. The van der Waals surface area contributed by atoms with Crippen molar-refractivity contribution in [3.8, 4) is 22.8 Å². The van der Waals surface area contributed by atoms with Crippen molar-refractivity contribution in [2.75, 3.05) is 45.3 Å². The summed E-state index contributed by atoms with van der Waals surface area (Å²) in [4.78, 5) is 7.16. The number of nitrogens with one attached hydrogen (secondary N) is 1. The Balaban J connectivity index is 1.74. The first-order valence-electron chi connectivity index (χ1n) is 8.56. The van der Waals surface area contributed by atoms with Gasteiger partial charge in [0.25, 0.3) is 0 Å². The summed E-state index contributed by atoms with van der Waals surface area (Å²) < 4.78 is 12.8. The van der Waals surface area contributed by atoms with E-state index in [0.29, 0.717) is 16.5 Å². The summed E-state index contributed by atoms with van der Waals surface area (Å²) in [6, 6.07) is 7.86. The maximum Gasteiger partial charge on any atom is 0.141 e. The number of pyridine rings is 1. The van der Waals surface area contributed by atoms with Crippen LogP contribution in [0.25, 0.3) is 16.9 Å². The number of imidazole rings is 1. The first-order chi connectivity index (χ1) is 12.7. The molecule has 0 amide bonds. The predicted molar refractivity (Wildman–Crippen MR) is 104 cm³/mol. The van der Waals surface area contributed by atoms with E-state index in [1.807, 2.05) is 22.9 Å². The van der Waals surface area contributed by atoms with Gasteiger partial charge in [0, 0.05) is 62.0 Å². The Bertz CT molecular complexity index is 935. The third-order valence-electron chi connectivity index (χ3n) is 4.68. The molecule has 7 heteroatoms. The fraction of sp³-hybridized carbons (Fsp3) is 0.316. The number of aromatic nitrogens is 2. The molecule has 2 aromatic heterocycles. The number of fused-ring (bicyclic) bond motifs is 1. The van der Waals surface area contributed by atoms with Gasteiger partial charge >= 0.3 is 0 Å². The van der Waals surface area contributed by atoms with Gasteiger partial charge in [-0.05, 0) is 12.1 Å². The molecule has 1 aliphatic heterocycles. The summed E-state index contributed by atoms with van der Waals surface area (Å²) in [6.07, 6.45) is 4.03. The third-order valence-corrected chi connectivity index (χ3v) is 4.97. The summed E-state index contributed by atoms with van der Waals surface area (Å²) >= 11 is 6.31. The van der Waals surface area contributed by atoms with Gasteiger partial charge in [0.1, 0.15) is 17.1 Å². The summed E-state index contributed by atoms with van der Waals surface area (Å²) in [5.74, 6) is 1.26. The lowest BCUT2D eigenvalue weighted by molar-refractivity contribution is 0.395. The molecule has 0 radical (unpaired) electrons. The highest BCUT2D eigenvalue weighted by molar-refractivity contribution is 6.32. The van der Waals surface area contributed by atoms with Crippen LogP contribution >= 0.6 is 11.6 Å². The van der Waals surface area contributed by atoms with Crippen LogP contribution in [-0.2, 0) is 0 Å². The van der Waals surface area contributed by atoms with Crippen LogP contribution in [0.15, 0.2) is 36.7 Å². The molecule has 4 rings (SSSR count). The lowest BCUT2D eigenvalue weighted by Gasteiger charge is -2.29. The lowest BCUT2D eigenvalue weighted by Crippen LogP contribution is -2.43. The van der Waals surface area contributed by atoms with Crippen LogP contribution in [0.1, 0.15) is 0 Å². The maximum absolute atomic E-state index is 6.31. The Hall–Kier alpha value is -2.44. The highest BCUT2D eigenvalue weighted by atomic mass is 35.5. The molecule has 26 heavy (non-hydrogen) atoms. The second-order valence-electron chi connectivity index (χ2n) is 6.20. The first-order valence-corrected chi connectivity index (χ1v) is 8.93. The molecule has 6 nitrogen and oxygen atoms in total. The van der Waals surface area contributed by atoms with E-state index in [2.05, 4.69) is 22.3 Å². The van der Waals surface area contributed by atoms with Gasteiger partial charge in [0.2, 0.25) is 0 Å². The van der Waals surface area contributed by atoms with E-state index in [0.717, 1.165) is 43.1 Å². The summed E-state index contributed by atoms with van der Waals surface area (Å²) in [5, 5.41) is 3.90. The number of anilines is 1. The zero-order chi connectivity index (χ0) is 18.1. The first kappa shape index (κ1) is 17.0. The molecular formula is C19H21ClN4O2. The second-order valence-corrected chi connectivity index (χ2v) is 6.61. The molecule has 1 aliphatic rings. The molecule has 1 fully saturated rings. The molecule has 136 valence electrons. The van der Waals surface area contributed by atoms with Crippen molar-refractivity contribution in [1.82, 2.24) is 14.7 Å². The van der Waals surface area contributed by atoms with Gasteiger partial charge in [0.15, 0.2) is 0 Å². The van der Waals surface area contributed by atoms with Crippen molar-refractivity contribution in [2.45, 2.75) is 0 Å². The number of halogens is 1. The largest absolute Gasteiger partial charge is 0.496 e. The van der Waals surface area contributed by atoms with E-state index in [4.69, 9.17) is 26.1 Å². The maximum atomic E-state index is 6.31. The Kier molecular flexibility index (Phi) is 4.61. The Morgan fingerprint density at radius 3 is 2.58 bits per heavy atom. The van der Waals surface area contributed by atoms with Crippen molar-refractivity contribution >= 4 is 22.9 Å². The molecule has 0 atom stereocenters.